The monoisotopic (exact) mass is 559 g/mol. The summed E-state index contributed by atoms with van der Waals surface area (Å²) >= 11 is 6.30. The molecule has 2 unspecified atom stereocenters. The summed E-state index contributed by atoms with van der Waals surface area (Å²) in [4.78, 5) is 11.3. The van der Waals surface area contributed by atoms with Crippen LogP contribution in [0.5, 0.6) is 11.5 Å². The zero-order chi connectivity index (χ0) is 21.3. The topological polar surface area (TPSA) is 71.0 Å². The van der Waals surface area contributed by atoms with Crippen LogP contribution in [-0.4, -0.2) is 56.4 Å². The average molecular weight is 560 g/mol. The Morgan fingerprint density at radius 1 is 1.29 bits per heavy atom. The van der Waals surface area contributed by atoms with Crippen molar-refractivity contribution in [1.29, 1.82) is 0 Å². The van der Waals surface area contributed by atoms with Crippen molar-refractivity contribution >= 4 is 47.4 Å². The van der Waals surface area contributed by atoms with E-state index in [0.717, 1.165) is 49.3 Å². The van der Waals surface area contributed by atoms with Crippen LogP contribution in [0.1, 0.15) is 20.3 Å². The first-order chi connectivity index (χ1) is 14.6. The summed E-state index contributed by atoms with van der Waals surface area (Å²) in [5, 5.41) is 7.52. The molecule has 170 valence electrons. The van der Waals surface area contributed by atoms with E-state index in [2.05, 4.69) is 27.4 Å². The lowest BCUT2D eigenvalue weighted by Gasteiger charge is -2.21. The second-order valence-electron chi connectivity index (χ2n) is 7.18. The lowest BCUT2D eigenvalue weighted by molar-refractivity contribution is 0.219. The van der Waals surface area contributed by atoms with Gasteiger partial charge in [0.2, 0.25) is 0 Å². The molecule has 2 aromatic rings. The van der Waals surface area contributed by atoms with Gasteiger partial charge in [0.15, 0.2) is 17.5 Å². The first kappa shape index (κ1) is 25.3. The van der Waals surface area contributed by atoms with Gasteiger partial charge in [-0.1, -0.05) is 23.7 Å². The van der Waals surface area contributed by atoms with Crippen LogP contribution in [0.25, 0.3) is 0 Å². The van der Waals surface area contributed by atoms with Crippen LogP contribution in [0.3, 0.4) is 0 Å². The molecule has 0 spiro atoms. The van der Waals surface area contributed by atoms with Crippen molar-refractivity contribution in [2.75, 3.05) is 38.2 Å². The van der Waals surface area contributed by atoms with E-state index < -0.39 is 0 Å². The van der Waals surface area contributed by atoms with E-state index in [9.17, 15) is 0 Å². The minimum atomic E-state index is -0.0934. The quantitative estimate of drug-likeness (QED) is 0.290. The number of para-hydroxylation sites is 2. The number of guanidine groups is 1. The normalized spacial score (nSPS) is 17.0. The molecule has 1 saturated heterocycles. The second-order valence-corrected chi connectivity index (χ2v) is 7.59. The molecule has 0 bridgehead atoms. The van der Waals surface area contributed by atoms with Gasteiger partial charge in [-0.2, -0.15) is 0 Å². The van der Waals surface area contributed by atoms with Crippen LogP contribution in [0, 0.1) is 0 Å². The zero-order valence-corrected chi connectivity index (χ0v) is 21.3. The van der Waals surface area contributed by atoms with Crippen LogP contribution >= 0.6 is 35.6 Å². The number of anilines is 1. The fourth-order valence-electron chi connectivity index (χ4n) is 3.38. The van der Waals surface area contributed by atoms with E-state index in [4.69, 9.17) is 26.1 Å². The summed E-state index contributed by atoms with van der Waals surface area (Å²) < 4.78 is 11.4. The van der Waals surface area contributed by atoms with Crippen LogP contribution < -0.4 is 25.0 Å². The number of nitrogens with one attached hydrogen (secondary N) is 2. The van der Waals surface area contributed by atoms with Crippen LogP contribution in [0.15, 0.2) is 47.6 Å². The summed E-state index contributed by atoms with van der Waals surface area (Å²) in [6.07, 6.45) is 2.67. The Bertz CT molecular complexity index is 854. The summed E-state index contributed by atoms with van der Waals surface area (Å²) in [7, 11) is 1.64. The molecule has 2 N–H and O–H groups in total. The van der Waals surface area contributed by atoms with Crippen LogP contribution in [0.4, 0.5) is 5.82 Å². The van der Waals surface area contributed by atoms with Crippen molar-refractivity contribution in [3.63, 3.8) is 0 Å². The molecule has 2 atom stereocenters. The fourth-order valence-corrected chi connectivity index (χ4v) is 3.62. The molecule has 0 amide bonds. The predicted octanol–water partition coefficient (Wildman–Crippen LogP) is 3.96. The standard InChI is InChI=1S/C22H30ClN5O2.HI/c1-4-24-22(26-14-16(2)30-20-10-6-5-9-19(20)29-3)27-17-11-13-28(15-17)21-18(23)8-7-12-25-21;/h5-10,12,16-17H,4,11,13-15H2,1-3H3,(H2,24,26,27);1H. The van der Waals surface area contributed by atoms with Crippen molar-refractivity contribution in [2.24, 2.45) is 4.99 Å². The number of benzene rings is 1. The number of methoxy groups -OCH3 is 1. The maximum Gasteiger partial charge on any atom is 0.191 e. The Hall–Kier alpha value is -1.94. The molecule has 1 aliphatic heterocycles. The van der Waals surface area contributed by atoms with E-state index in [-0.39, 0.29) is 36.1 Å². The van der Waals surface area contributed by atoms with E-state index in [1.807, 2.05) is 43.3 Å². The molecule has 0 aliphatic carbocycles. The van der Waals surface area contributed by atoms with E-state index >= 15 is 0 Å². The molecule has 7 nitrogen and oxygen atoms in total. The van der Waals surface area contributed by atoms with Gasteiger partial charge in [0, 0.05) is 31.9 Å². The van der Waals surface area contributed by atoms with Crippen molar-refractivity contribution < 1.29 is 9.47 Å². The molecule has 2 heterocycles. The van der Waals surface area contributed by atoms with Gasteiger partial charge in [0.25, 0.3) is 0 Å². The van der Waals surface area contributed by atoms with Gasteiger partial charge in [0.05, 0.1) is 18.7 Å². The second kappa shape index (κ2) is 12.8. The third-order valence-corrected chi connectivity index (χ3v) is 5.11. The smallest absolute Gasteiger partial charge is 0.191 e. The van der Waals surface area contributed by atoms with Crippen molar-refractivity contribution in [2.45, 2.75) is 32.4 Å². The molecule has 0 saturated carbocycles. The maximum absolute atomic E-state index is 6.30. The van der Waals surface area contributed by atoms with E-state index in [1.54, 1.807) is 13.3 Å². The number of aliphatic imine (C=N–C) groups is 1. The predicted molar refractivity (Wildman–Crippen MR) is 137 cm³/mol. The third-order valence-electron chi connectivity index (χ3n) is 4.82. The minimum Gasteiger partial charge on any atom is -0.493 e. The number of halogens is 2. The van der Waals surface area contributed by atoms with E-state index in [1.165, 1.54) is 0 Å². The van der Waals surface area contributed by atoms with E-state index in [0.29, 0.717) is 11.6 Å². The Balaban J connectivity index is 0.00000341. The summed E-state index contributed by atoms with van der Waals surface area (Å²) in [5.74, 6) is 3.06. The Morgan fingerprint density at radius 2 is 2.06 bits per heavy atom. The number of hydrogen-bond donors (Lipinski definition) is 2. The molecule has 31 heavy (non-hydrogen) atoms. The van der Waals surface area contributed by atoms with Gasteiger partial charge in [-0.05, 0) is 44.5 Å². The first-order valence-electron chi connectivity index (χ1n) is 10.3. The summed E-state index contributed by atoms with van der Waals surface area (Å²) in [6, 6.07) is 11.6. The number of nitrogens with zero attached hydrogens (tertiary/aromatic N) is 3. The third kappa shape index (κ3) is 7.31. The lowest BCUT2D eigenvalue weighted by Crippen LogP contribution is -2.45. The van der Waals surface area contributed by atoms with Crippen LogP contribution in [-0.2, 0) is 0 Å². The highest BCUT2D eigenvalue weighted by Crippen LogP contribution is 2.27. The SMILES string of the molecule is CCNC(=NCC(C)Oc1ccccc1OC)NC1CCN(c2ncccc2Cl)C1.I. The van der Waals surface area contributed by atoms with Crippen LogP contribution in [0.2, 0.25) is 5.02 Å². The highest BCUT2D eigenvalue weighted by atomic mass is 127. The number of ether oxygens (including phenoxy) is 2. The largest absolute Gasteiger partial charge is 0.493 e. The molecule has 0 radical (unpaired) electrons. The molecule has 1 fully saturated rings. The molecule has 9 heteroatoms. The van der Waals surface area contributed by atoms with Gasteiger partial charge in [-0.3, -0.25) is 0 Å². The molecule has 3 rings (SSSR count). The fraction of sp³-hybridized carbons (Fsp3) is 0.455. The Morgan fingerprint density at radius 3 is 2.77 bits per heavy atom. The van der Waals surface area contributed by atoms with Crippen molar-refractivity contribution in [3.8, 4) is 11.5 Å². The maximum atomic E-state index is 6.30. The molecule has 1 aromatic heterocycles. The highest BCUT2D eigenvalue weighted by Gasteiger charge is 2.25. The number of rotatable bonds is 8. The van der Waals surface area contributed by atoms with Gasteiger partial charge < -0.3 is 25.0 Å². The number of hydrogen-bond acceptors (Lipinski definition) is 5. The van der Waals surface area contributed by atoms with Crippen molar-refractivity contribution in [1.82, 2.24) is 15.6 Å². The number of aromatic nitrogens is 1. The number of pyridine rings is 1. The minimum absolute atomic E-state index is 0. The first-order valence-corrected chi connectivity index (χ1v) is 10.7. The highest BCUT2D eigenvalue weighted by molar-refractivity contribution is 14.0. The van der Waals surface area contributed by atoms with Gasteiger partial charge in [-0.25, -0.2) is 9.98 Å². The van der Waals surface area contributed by atoms with Gasteiger partial charge >= 0.3 is 0 Å². The van der Waals surface area contributed by atoms with Gasteiger partial charge in [-0.15, -0.1) is 24.0 Å². The Labute approximate surface area is 206 Å². The molecule has 1 aliphatic rings. The molecular formula is C22H31ClIN5O2. The molecule has 1 aromatic carbocycles. The zero-order valence-electron chi connectivity index (χ0n) is 18.2. The molecular weight excluding hydrogens is 529 g/mol. The summed E-state index contributed by atoms with van der Waals surface area (Å²) in [5.41, 5.74) is 0. The van der Waals surface area contributed by atoms with Crippen molar-refractivity contribution in [3.05, 3.63) is 47.6 Å². The lowest BCUT2D eigenvalue weighted by atomic mass is 10.3. The Kier molecular flexibility index (Phi) is 10.5. The summed E-state index contributed by atoms with van der Waals surface area (Å²) in [6.45, 7) is 7.10. The average Bonchev–Trinajstić information content (AvgIpc) is 3.21. The van der Waals surface area contributed by atoms with Gasteiger partial charge in [0.1, 0.15) is 11.9 Å².